The quantitative estimate of drug-likeness (QED) is 0.132. The van der Waals surface area contributed by atoms with Gasteiger partial charge in [-0.05, 0) is 72.8 Å². The van der Waals surface area contributed by atoms with Crippen LogP contribution in [0.25, 0.3) is 11.3 Å². The summed E-state index contributed by atoms with van der Waals surface area (Å²) in [4.78, 5) is 56.7. The molecule has 0 spiro atoms. The molecule has 5 rings (SSSR count). The predicted molar refractivity (Wildman–Crippen MR) is 160 cm³/mol. The Bertz CT molecular complexity index is 1770. The molecular weight excluding hydrogens is 590 g/mol. The number of methoxy groups -OCH3 is 1. The van der Waals surface area contributed by atoms with Crippen LogP contribution in [0.5, 0.6) is 5.75 Å². The van der Waals surface area contributed by atoms with Crippen LogP contribution < -0.4 is 9.64 Å². The second-order valence-electron chi connectivity index (χ2n) is 9.29. The Labute approximate surface area is 256 Å². The van der Waals surface area contributed by atoms with E-state index in [1.54, 1.807) is 37.4 Å². The van der Waals surface area contributed by atoms with Gasteiger partial charge in [0.1, 0.15) is 16.8 Å². The van der Waals surface area contributed by atoms with E-state index < -0.39 is 29.6 Å². The highest BCUT2D eigenvalue weighted by molar-refractivity contribution is 8.00. The van der Waals surface area contributed by atoms with Crippen molar-refractivity contribution in [2.75, 3.05) is 18.6 Å². The molecule has 0 saturated carbocycles. The Morgan fingerprint density at radius 1 is 1.00 bits per heavy atom. The molecule has 4 aromatic rings. The molecule has 2 amide bonds. The molecule has 1 aromatic heterocycles. The third kappa shape index (κ3) is 6.43. The summed E-state index contributed by atoms with van der Waals surface area (Å²) >= 11 is 6.88. The van der Waals surface area contributed by atoms with Gasteiger partial charge in [-0.25, -0.2) is 14.7 Å². The zero-order chi connectivity index (χ0) is 30.5. The number of hydrogen-bond acceptors (Lipinski definition) is 9. The zero-order valence-electron chi connectivity index (χ0n) is 22.7. The highest BCUT2D eigenvalue weighted by Crippen LogP contribution is 2.37. The number of hydrogen-bond donors (Lipinski definition) is 0. The average Bonchev–Trinajstić information content (AvgIpc) is 3.31. The number of ether oxygens (including phenoxy) is 2. The Morgan fingerprint density at radius 2 is 1.70 bits per heavy atom. The number of ketones is 1. The van der Waals surface area contributed by atoms with Gasteiger partial charge in [0.15, 0.2) is 12.4 Å². The number of para-hydroxylation sites is 1. The van der Waals surface area contributed by atoms with E-state index in [0.29, 0.717) is 27.1 Å². The highest BCUT2D eigenvalue weighted by atomic mass is 35.5. The maximum atomic E-state index is 13.3. The monoisotopic (exact) mass is 611 g/mol. The predicted octanol–water partition coefficient (Wildman–Crippen LogP) is 5.75. The Morgan fingerprint density at radius 3 is 2.40 bits per heavy atom. The number of benzene rings is 3. The van der Waals surface area contributed by atoms with Gasteiger partial charge >= 0.3 is 5.97 Å². The molecule has 1 fully saturated rings. The molecule has 0 N–H and O–H groups in total. The van der Waals surface area contributed by atoms with Crippen molar-refractivity contribution in [1.29, 1.82) is 5.26 Å². The Hall–Kier alpha value is -4.98. The van der Waals surface area contributed by atoms with Crippen LogP contribution in [-0.4, -0.2) is 47.5 Å². The standard InChI is InChI=1S/C32H22ClN3O6S/c1-41-27-5-3-2-4-24(27)25-15-10-21(17-34)30(35-25)43-28-16-29(38)36(31(28)39)23-13-8-20(9-14-23)32(40)42-18-26(37)19-6-11-22(33)12-7-19/h2-15,28H,16,18H2,1H3. The summed E-state index contributed by atoms with van der Waals surface area (Å²) in [5.74, 6) is -1.40. The lowest BCUT2D eigenvalue weighted by Gasteiger charge is -2.16. The smallest absolute Gasteiger partial charge is 0.338 e. The Balaban J connectivity index is 1.27. The van der Waals surface area contributed by atoms with Crippen molar-refractivity contribution in [3.8, 4) is 23.1 Å². The number of nitriles is 1. The summed E-state index contributed by atoms with van der Waals surface area (Å²) in [6.45, 7) is -0.457. The second-order valence-corrected chi connectivity index (χ2v) is 10.9. The molecule has 0 bridgehead atoms. The van der Waals surface area contributed by atoms with Gasteiger partial charge in [0.2, 0.25) is 11.8 Å². The van der Waals surface area contributed by atoms with Gasteiger partial charge in [-0.2, -0.15) is 5.26 Å². The van der Waals surface area contributed by atoms with Crippen LogP contribution in [0.3, 0.4) is 0 Å². The summed E-state index contributed by atoms with van der Waals surface area (Å²) in [5.41, 5.74) is 2.34. The number of Topliss-reactive ketones (excluding diaryl/α,β-unsaturated/α-hetero) is 1. The normalized spacial score (nSPS) is 14.3. The van der Waals surface area contributed by atoms with Gasteiger partial charge in [-0.1, -0.05) is 35.5 Å². The average molecular weight is 612 g/mol. The minimum absolute atomic E-state index is 0.0917. The molecule has 9 nitrogen and oxygen atoms in total. The number of anilines is 1. The molecule has 2 heterocycles. The molecule has 214 valence electrons. The molecule has 0 radical (unpaired) electrons. The third-order valence-electron chi connectivity index (χ3n) is 6.58. The highest BCUT2D eigenvalue weighted by Gasteiger charge is 2.41. The number of aromatic nitrogens is 1. The summed E-state index contributed by atoms with van der Waals surface area (Å²) in [7, 11) is 1.55. The van der Waals surface area contributed by atoms with E-state index in [1.165, 1.54) is 36.4 Å². The molecule has 43 heavy (non-hydrogen) atoms. The molecule has 1 unspecified atom stereocenters. The van der Waals surface area contributed by atoms with E-state index in [-0.39, 0.29) is 29.0 Å². The fourth-order valence-electron chi connectivity index (χ4n) is 4.40. The van der Waals surface area contributed by atoms with Crippen molar-refractivity contribution in [3.05, 3.63) is 107 Å². The number of halogens is 1. The van der Waals surface area contributed by atoms with E-state index in [1.807, 2.05) is 18.2 Å². The largest absolute Gasteiger partial charge is 0.496 e. The lowest BCUT2D eigenvalue weighted by molar-refractivity contribution is -0.121. The van der Waals surface area contributed by atoms with E-state index >= 15 is 0 Å². The maximum Gasteiger partial charge on any atom is 0.338 e. The van der Waals surface area contributed by atoms with Crippen molar-refractivity contribution >= 4 is 52.6 Å². The molecule has 3 aromatic carbocycles. The van der Waals surface area contributed by atoms with Crippen LogP contribution in [0.15, 0.2) is 90.0 Å². The number of amides is 2. The van der Waals surface area contributed by atoms with Crippen molar-refractivity contribution in [3.63, 3.8) is 0 Å². The lowest BCUT2D eigenvalue weighted by Crippen LogP contribution is -2.31. The first kappa shape index (κ1) is 29.5. The van der Waals surface area contributed by atoms with Gasteiger partial charge in [0.25, 0.3) is 0 Å². The van der Waals surface area contributed by atoms with Crippen LogP contribution in [0.2, 0.25) is 5.02 Å². The molecule has 11 heteroatoms. The summed E-state index contributed by atoms with van der Waals surface area (Å²) in [6, 6.07) is 24.7. The number of imide groups is 1. The van der Waals surface area contributed by atoms with E-state index in [9.17, 15) is 24.4 Å². The van der Waals surface area contributed by atoms with E-state index in [2.05, 4.69) is 11.1 Å². The third-order valence-corrected chi connectivity index (χ3v) is 8.02. The van der Waals surface area contributed by atoms with Crippen LogP contribution in [0.1, 0.15) is 32.7 Å². The fraction of sp³-hybridized carbons (Fsp3) is 0.125. The molecule has 1 saturated heterocycles. The fourth-order valence-corrected chi connectivity index (χ4v) is 5.62. The molecule has 1 aliphatic heterocycles. The number of nitrogens with zero attached hydrogens (tertiary/aromatic N) is 3. The number of esters is 1. The van der Waals surface area contributed by atoms with E-state index in [4.69, 9.17) is 21.1 Å². The van der Waals surface area contributed by atoms with Crippen LogP contribution in [0.4, 0.5) is 5.69 Å². The molecular formula is C32H22ClN3O6S. The van der Waals surface area contributed by atoms with Crippen LogP contribution in [0, 0.1) is 11.3 Å². The minimum atomic E-state index is -0.802. The molecule has 1 atom stereocenters. The van der Waals surface area contributed by atoms with Gasteiger partial charge in [0.05, 0.1) is 34.9 Å². The molecule has 0 aliphatic carbocycles. The number of rotatable bonds is 9. The first-order valence-corrected chi connectivity index (χ1v) is 14.2. The van der Waals surface area contributed by atoms with Crippen molar-refractivity contribution in [2.24, 2.45) is 0 Å². The van der Waals surface area contributed by atoms with Gasteiger partial charge in [-0.15, -0.1) is 0 Å². The van der Waals surface area contributed by atoms with Crippen molar-refractivity contribution in [1.82, 2.24) is 4.98 Å². The first-order valence-electron chi connectivity index (χ1n) is 12.9. The van der Waals surface area contributed by atoms with Gasteiger partial charge < -0.3 is 9.47 Å². The second kappa shape index (κ2) is 12.9. The van der Waals surface area contributed by atoms with Crippen LogP contribution >= 0.6 is 23.4 Å². The number of carbonyl (C=O) groups is 4. The topological polar surface area (TPSA) is 127 Å². The van der Waals surface area contributed by atoms with Gasteiger partial charge in [-0.3, -0.25) is 14.4 Å². The summed E-state index contributed by atoms with van der Waals surface area (Å²) in [5, 5.41) is 9.66. The summed E-state index contributed by atoms with van der Waals surface area (Å²) in [6.07, 6.45) is -0.0917. The Kier molecular flexibility index (Phi) is 8.85. The lowest BCUT2D eigenvalue weighted by atomic mass is 10.1. The van der Waals surface area contributed by atoms with Crippen molar-refractivity contribution in [2.45, 2.75) is 16.7 Å². The van der Waals surface area contributed by atoms with E-state index in [0.717, 1.165) is 22.2 Å². The van der Waals surface area contributed by atoms with Gasteiger partial charge in [0, 0.05) is 22.6 Å². The first-order chi connectivity index (χ1) is 20.8. The number of thioether (sulfide) groups is 1. The number of pyridine rings is 1. The molecule has 1 aliphatic rings. The SMILES string of the molecule is COc1ccccc1-c1ccc(C#N)c(SC2CC(=O)N(c3ccc(C(=O)OCC(=O)c4ccc(Cl)cc4)cc3)C2=O)n1. The zero-order valence-corrected chi connectivity index (χ0v) is 24.2. The minimum Gasteiger partial charge on any atom is -0.496 e. The van der Waals surface area contributed by atoms with Crippen LogP contribution in [-0.2, 0) is 14.3 Å². The summed E-state index contributed by atoms with van der Waals surface area (Å²) < 4.78 is 10.6. The maximum absolute atomic E-state index is 13.3. The number of carbonyl (C=O) groups excluding carboxylic acids is 4. The van der Waals surface area contributed by atoms with Crippen molar-refractivity contribution < 1.29 is 28.7 Å².